The lowest BCUT2D eigenvalue weighted by Gasteiger charge is -2.10. The van der Waals surface area contributed by atoms with Crippen molar-refractivity contribution in [3.05, 3.63) is 16.6 Å². The normalized spacial score (nSPS) is 13.0. The molecule has 1 aromatic rings. The van der Waals surface area contributed by atoms with Gasteiger partial charge in [-0.15, -0.1) is 11.3 Å². The van der Waals surface area contributed by atoms with Crippen LogP contribution < -0.4 is 10.6 Å². The van der Waals surface area contributed by atoms with Crippen LogP contribution >= 0.6 is 11.3 Å². The van der Waals surface area contributed by atoms with Gasteiger partial charge in [0.05, 0.1) is 6.04 Å². The van der Waals surface area contributed by atoms with Crippen LogP contribution in [0.2, 0.25) is 0 Å². The van der Waals surface area contributed by atoms with Crippen LogP contribution in [-0.4, -0.2) is 24.6 Å². The second-order valence-corrected chi connectivity index (χ2v) is 4.18. The average molecular weight is 213 g/mol. The van der Waals surface area contributed by atoms with Gasteiger partial charge in [-0.2, -0.15) is 0 Å². The maximum Gasteiger partial charge on any atom is 0.109 e. The summed E-state index contributed by atoms with van der Waals surface area (Å²) < 4.78 is 0. The van der Waals surface area contributed by atoms with Gasteiger partial charge in [-0.05, 0) is 33.0 Å². The first-order valence-corrected chi connectivity index (χ1v) is 6.06. The molecular formula is C10H19N3S. The van der Waals surface area contributed by atoms with Gasteiger partial charge < -0.3 is 10.6 Å². The van der Waals surface area contributed by atoms with E-state index in [0.29, 0.717) is 6.04 Å². The van der Waals surface area contributed by atoms with Crippen LogP contribution in [0.4, 0.5) is 0 Å². The Hall–Kier alpha value is -0.450. The Morgan fingerprint density at radius 2 is 2.36 bits per heavy atom. The Labute approximate surface area is 89.9 Å². The van der Waals surface area contributed by atoms with E-state index >= 15 is 0 Å². The molecule has 14 heavy (non-hydrogen) atoms. The van der Waals surface area contributed by atoms with Gasteiger partial charge in [0.2, 0.25) is 0 Å². The van der Waals surface area contributed by atoms with Crippen molar-refractivity contribution in [2.75, 3.05) is 19.6 Å². The van der Waals surface area contributed by atoms with Gasteiger partial charge in [0, 0.05) is 11.6 Å². The van der Waals surface area contributed by atoms with Gasteiger partial charge in [-0.25, -0.2) is 4.98 Å². The molecule has 4 heteroatoms. The van der Waals surface area contributed by atoms with E-state index in [0.717, 1.165) is 19.6 Å². The van der Waals surface area contributed by atoms with Gasteiger partial charge in [0.15, 0.2) is 0 Å². The van der Waals surface area contributed by atoms with Gasteiger partial charge >= 0.3 is 0 Å². The number of nitrogens with one attached hydrogen (secondary N) is 2. The fraction of sp³-hybridized carbons (Fsp3) is 0.700. The van der Waals surface area contributed by atoms with Crippen molar-refractivity contribution in [3.8, 4) is 0 Å². The molecule has 1 heterocycles. The standard InChI is InChI=1S/C10H19N3S/c1-3-11-5-4-6-12-9(2)10-13-7-8-14-10/h7-9,11-12H,3-6H2,1-2H3. The minimum absolute atomic E-state index is 0.386. The van der Waals surface area contributed by atoms with Gasteiger partial charge in [0.1, 0.15) is 5.01 Å². The highest BCUT2D eigenvalue weighted by molar-refractivity contribution is 7.09. The third-order valence-electron chi connectivity index (χ3n) is 2.05. The molecule has 1 aromatic heterocycles. The molecule has 0 aliphatic carbocycles. The fourth-order valence-electron chi connectivity index (χ4n) is 1.24. The van der Waals surface area contributed by atoms with Crippen LogP contribution in [0, 0.1) is 0 Å². The Balaban J connectivity index is 2.07. The van der Waals surface area contributed by atoms with Crippen LogP contribution in [0.15, 0.2) is 11.6 Å². The minimum atomic E-state index is 0.386. The Morgan fingerprint density at radius 1 is 1.50 bits per heavy atom. The summed E-state index contributed by atoms with van der Waals surface area (Å²) in [6, 6.07) is 0.386. The molecule has 0 saturated heterocycles. The van der Waals surface area contributed by atoms with E-state index in [-0.39, 0.29) is 0 Å². The van der Waals surface area contributed by atoms with E-state index in [1.54, 1.807) is 11.3 Å². The van der Waals surface area contributed by atoms with Crippen molar-refractivity contribution in [3.63, 3.8) is 0 Å². The third-order valence-corrected chi connectivity index (χ3v) is 3.01. The molecule has 1 atom stereocenters. The molecule has 0 amide bonds. The Morgan fingerprint density at radius 3 is 3.00 bits per heavy atom. The number of aromatic nitrogens is 1. The highest BCUT2D eigenvalue weighted by atomic mass is 32.1. The van der Waals surface area contributed by atoms with Gasteiger partial charge in [-0.1, -0.05) is 6.92 Å². The first-order valence-electron chi connectivity index (χ1n) is 5.18. The first kappa shape index (κ1) is 11.6. The molecule has 2 N–H and O–H groups in total. The molecule has 1 unspecified atom stereocenters. The van der Waals surface area contributed by atoms with E-state index in [4.69, 9.17) is 0 Å². The summed E-state index contributed by atoms with van der Waals surface area (Å²) in [5.41, 5.74) is 0. The predicted octanol–water partition coefficient (Wildman–Crippen LogP) is 1.79. The highest BCUT2D eigenvalue weighted by Gasteiger charge is 2.05. The zero-order chi connectivity index (χ0) is 10.2. The lowest BCUT2D eigenvalue weighted by molar-refractivity contribution is 0.541. The van der Waals surface area contributed by atoms with Gasteiger partial charge in [0.25, 0.3) is 0 Å². The van der Waals surface area contributed by atoms with Crippen LogP contribution in [0.5, 0.6) is 0 Å². The number of thiazole rings is 1. The number of rotatable bonds is 7. The van der Waals surface area contributed by atoms with E-state index in [1.165, 1.54) is 11.4 Å². The summed E-state index contributed by atoms with van der Waals surface area (Å²) in [5.74, 6) is 0. The minimum Gasteiger partial charge on any atom is -0.317 e. The van der Waals surface area contributed by atoms with Crippen LogP contribution in [-0.2, 0) is 0 Å². The quantitative estimate of drug-likeness (QED) is 0.678. The van der Waals surface area contributed by atoms with Crippen molar-refractivity contribution < 1.29 is 0 Å². The van der Waals surface area contributed by atoms with Crippen molar-refractivity contribution >= 4 is 11.3 Å². The van der Waals surface area contributed by atoms with E-state index in [2.05, 4.69) is 29.5 Å². The molecule has 3 nitrogen and oxygen atoms in total. The van der Waals surface area contributed by atoms with Crippen molar-refractivity contribution in [1.82, 2.24) is 15.6 Å². The first-order chi connectivity index (χ1) is 6.84. The smallest absolute Gasteiger partial charge is 0.109 e. The summed E-state index contributed by atoms with van der Waals surface area (Å²) in [6.07, 6.45) is 3.03. The fourth-order valence-corrected chi connectivity index (χ4v) is 1.91. The summed E-state index contributed by atoms with van der Waals surface area (Å²) in [4.78, 5) is 4.27. The molecule has 0 aliphatic rings. The van der Waals surface area contributed by atoms with E-state index in [1.807, 2.05) is 11.6 Å². The lowest BCUT2D eigenvalue weighted by Crippen LogP contribution is -2.24. The third kappa shape index (κ3) is 4.17. The maximum atomic E-state index is 4.27. The predicted molar refractivity (Wildman–Crippen MR) is 61.7 cm³/mol. The van der Waals surface area contributed by atoms with Crippen molar-refractivity contribution in [2.24, 2.45) is 0 Å². The molecule has 0 aliphatic heterocycles. The molecule has 0 bridgehead atoms. The largest absolute Gasteiger partial charge is 0.317 e. The van der Waals surface area contributed by atoms with Crippen LogP contribution in [0.1, 0.15) is 31.3 Å². The Bertz CT molecular complexity index is 223. The van der Waals surface area contributed by atoms with Gasteiger partial charge in [-0.3, -0.25) is 0 Å². The average Bonchev–Trinajstić information content (AvgIpc) is 2.70. The van der Waals surface area contributed by atoms with Crippen LogP contribution in [0.3, 0.4) is 0 Å². The monoisotopic (exact) mass is 213 g/mol. The number of hydrogen-bond acceptors (Lipinski definition) is 4. The molecular weight excluding hydrogens is 194 g/mol. The summed E-state index contributed by atoms with van der Waals surface area (Å²) in [5, 5.41) is 9.95. The zero-order valence-corrected chi connectivity index (χ0v) is 9.73. The Kier molecular flexibility index (Phi) is 5.75. The van der Waals surface area contributed by atoms with E-state index in [9.17, 15) is 0 Å². The molecule has 0 spiro atoms. The van der Waals surface area contributed by atoms with Crippen LogP contribution in [0.25, 0.3) is 0 Å². The molecule has 0 fully saturated rings. The molecule has 0 saturated carbocycles. The lowest BCUT2D eigenvalue weighted by atomic mass is 10.3. The number of nitrogens with zero attached hydrogens (tertiary/aromatic N) is 1. The summed E-state index contributed by atoms with van der Waals surface area (Å²) in [6.45, 7) is 7.49. The highest BCUT2D eigenvalue weighted by Crippen LogP contribution is 2.13. The number of hydrogen-bond donors (Lipinski definition) is 2. The van der Waals surface area contributed by atoms with E-state index < -0.39 is 0 Å². The van der Waals surface area contributed by atoms with Crippen molar-refractivity contribution in [2.45, 2.75) is 26.3 Å². The zero-order valence-electron chi connectivity index (χ0n) is 8.92. The SMILES string of the molecule is CCNCCCNC(C)c1nccs1. The second-order valence-electron chi connectivity index (χ2n) is 3.25. The molecule has 0 aromatic carbocycles. The van der Waals surface area contributed by atoms with Crippen molar-refractivity contribution in [1.29, 1.82) is 0 Å². The molecule has 1 rings (SSSR count). The maximum absolute atomic E-state index is 4.27. The molecule has 0 radical (unpaired) electrons. The molecule has 80 valence electrons. The topological polar surface area (TPSA) is 37.0 Å². The second kappa shape index (κ2) is 6.92. The summed E-state index contributed by atoms with van der Waals surface area (Å²) >= 11 is 1.71. The summed E-state index contributed by atoms with van der Waals surface area (Å²) in [7, 11) is 0.